The van der Waals surface area contributed by atoms with Crippen molar-refractivity contribution in [3.63, 3.8) is 0 Å². The van der Waals surface area contributed by atoms with Crippen LogP contribution in [-0.4, -0.2) is 6.29 Å². The Hall–Kier alpha value is -0.330. The van der Waals surface area contributed by atoms with Crippen LogP contribution in [0.25, 0.3) is 0 Å². The first kappa shape index (κ1) is 9.23. The maximum absolute atomic E-state index is 11.0. The van der Waals surface area contributed by atoms with Gasteiger partial charge in [-0.1, -0.05) is 32.6 Å². The fourth-order valence-corrected chi connectivity index (χ4v) is 3.17. The molecule has 2 rings (SSSR count). The molecule has 0 amide bonds. The number of carbonyl (C=O) groups excluding carboxylic acids is 1. The minimum absolute atomic E-state index is 0.154. The number of rotatable bonds is 3. The van der Waals surface area contributed by atoms with Gasteiger partial charge in [-0.2, -0.15) is 0 Å². The summed E-state index contributed by atoms with van der Waals surface area (Å²) in [5.74, 6) is 1.59. The maximum Gasteiger partial charge on any atom is 0.126 e. The van der Waals surface area contributed by atoms with E-state index in [0.717, 1.165) is 11.8 Å². The summed E-state index contributed by atoms with van der Waals surface area (Å²) in [6.07, 6.45) is 10.3. The largest absolute Gasteiger partial charge is 0.303 e. The molecule has 1 heteroatoms. The molecule has 2 aliphatic rings. The summed E-state index contributed by atoms with van der Waals surface area (Å²) in [4.78, 5) is 11.0. The van der Waals surface area contributed by atoms with Gasteiger partial charge in [-0.3, -0.25) is 0 Å². The molecule has 0 saturated heterocycles. The van der Waals surface area contributed by atoms with Gasteiger partial charge >= 0.3 is 0 Å². The predicted octanol–water partition coefficient (Wildman–Crippen LogP) is 3.18. The third-order valence-corrected chi connectivity index (χ3v) is 4.23. The van der Waals surface area contributed by atoms with Crippen LogP contribution in [0.5, 0.6) is 0 Å². The first-order valence-electron chi connectivity index (χ1n) is 5.79. The molecular weight excluding hydrogens is 160 g/mol. The Morgan fingerprint density at radius 2 is 2.00 bits per heavy atom. The zero-order valence-electron chi connectivity index (χ0n) is 8.59. The van der Waals surface area contributed by atoms with E-state index in [2.05, 4.69) is 6.92 Å². The molecule has 2 saturated carbocycles. The Bertz CT molecular complexity index is 193. The molecular formula is C12H20O. The van der Waals surface area contributed by atoms with Crippen LogP contribution in [0.15, 0.2) is 0 Å². The van der Waals surface area contributed by atoms with Crippen LogP contribution in [0.3, 0.4) is 0 Å². The number of hydrogen-bond donors (Lipinski definition) is 0. The van der Waals surface area contributed by atoms with Gasteiger partial charge in [0.05, 0.1) is 0 Å². The van der Waals surface area contributed by atoms with Gasteiger partial charge in [0.1, 0.15) is 6.29 Å². The highest BCUT2D eigenvalue weighted by atomic mass is 16.1. The van der Waals surface area contributed by atoms with Crippen molar-refractivity contribution in [3.8, 4) is 0 Å². The maximum atomic E-state index is 11.0. The van der Waals surface area contributed by atoms with Gasteiger partial charge < -0.3 is 4.79 Å². The van der Waals surface area contributed by atoms with E-state index in [1.165, 1.54) is 51.2 Å². The second-order valence-corrected chi connectivity index (χ2v) is 4.91. The molecule has 0 aromatic rings. The van der Waals surface area contributed by atoms with Crippen molar-refractivity contribution >= 4 is 6.29 Å². The average Bonchev–Trinajstić information content (AvgIpc) is 2.98. The van der Waals surface area contributed by atoms with Crippen LogP contribution in [0.1, 0.15) is 51.9 Å². The van der Waals surface area contributed by atoms with Crippen molar-refractivity contribution in [2.24, 2.45) is 17.3 Å². The van der Waals surface area contributed by atoms with Crippen molar-refractivity contribution in [2.45, 2.75) is 51.9 Å². The summed E-state index contributed by atoms with van der Waals surface area (Å²) in [6.45, 7) is 2.28. The Balaban J connectivity index is 2.06. The molecule has 0 radical (unpaired) electrons. The highest BCUT2D eigenvalue weighted by molar-refractivity contribution is 5.64. The van der Waals surface area contributed by atoms with E-state index in [1.807, 2.05) is 0 Å². The Kier molecular flexibility index (Phi) is 2.44. The molecule has 2 unspecified atom stereocenters. The van der Waals surface area contributed by atoms with Crippen molar-refractivity contribution in [1.29, 1.82) is 0 Å². The quantitative estimate of drug-likeness (QED) is 0.610. The lowest BCUT2D eigenvalue weighted by Crippen LogP contribution is -2.28. The fourth-order valence-electron chi connectivity index (χ4n) is 3.17. The summed E-state index contributed by atoms with van der Waals surface area (Å²) in [7, 11) is 0. The molecule has 0 heterocycles. The van der Waals surface area contributed by atoms with Crippen molar-refractivity contribution in [2.75, 3.05) is 0 Å². The summed E-state index contributed by atoms with van der Waals surface area (Å²) in [5, 5.41) is 0. The lowest BCUT2D eigenvalue weighted by atomic mass is 9.70. The normalized spacial score (nSPS) is 37.0. The topological polar surface area (TPSA) is 17.1 Å². The molecule has 0 aromatic heterocycles. The second-order valence-electron chi connectivity index (χ2n) is 4.91. The zero-order chi connectivity index (χ0) is 9.31. The number of carbonyl (C=O) groups is 1. The molecule has 0 aliphatic heterocycles. The Morgan fingerprint density at radius 1 is 1.31 bits per heavy atom. The number of hydrogen-bond acceptors (Lipinski definition) is 1. The summed E-state index contributed by atoms with van der Waals surface area (Å²) in [5.41, 5.74) is 0.154. The molecule has 13 heavy (non-hydrogen) atoms. The van der Waals surface area contributed by atoms with Gasteiger partial charge in [-0.05, 0) is 31.1 Å². The third-order valence-electron chi connectivity index (χ3n) is 4.23. The van der Waals surface area contributed by atoms with E-state index in [9.17, 15) is 4.79 Å². The lowest BCUT2D eigenvalue weighted by Gasteiger charge is -2.34. The van der Waals surface area contributed by atoms with Crippen LogP contribution in [0.4, 0.5) is 0 Å². The highest BCUT2D eigenvalue weighted by Gasteiger charge is 2.51. The minimum atomic E-state index is 0.154. The lowest BCUT2D eigenvalue weighted by molar-refractivity contribution is -0.115. The summed E-state index contributed by atoms with van der Waals surface area (Å²) >= 11 is 0. The van der Waals surface area contributed by atoms with Crippen LogP contribution < -0.4 is 0 Å². The van der Waals surface area contributed by atoms with Crippen molar-refractivity contribution in [3.05, 3.63) is 0 Å². The van der Waals surface area contributed by atoms with Crippen LogP contribution in [0.2, 0.25) is 0 Å². The second kappa shape index (κ2) is 3.43. The van der Waals surface area contributed by atoms with Gasteiger partial charge in [0.15, 0.2) is 0 Å². The molecule has 74 valence electrons. The summed E-state index contributed by atoms with van der Waals surface area (Å²) in [6, 6.07) is 0. The SMILES string of the molecule is CCC1CCCCC1C1(C=O)CC1. The van der Waals surface area contributed by atoms with Crippen molar-refractivity contribution in [1.82, 2.24) is 0 Å². The monoisotopic (exact) mass is 180 g/mol. The van der Waals surface area contributed by atoms with Crippen molar-refractivity contribution < 1.29 is 4.79 Å². The van der Waals surface area contributed by atoms with Gasteiger partial charge in [-0.15, -0.1) is 0 Å². The van der Waals surface area contributed by atoms with Gasteiger partial charge in [0.25, 0.3) is 0 Å². The fraction of sp³-hybridized carbons (Fsp3) is 0.917. The van der Waals surface area contributed by atoms with Gasteiger partial charge in [0, 0.05) is 5.41 Å². The first-order chi connectivity index (χ1) is 6.32. The highest BCUT2D eigenvalue weighted by Crippen LogP contribution is 2.57. The third kappa shape index (κ3) is 1.53. The molecule has 2 atom stereocenters. The molecule has 0 aromatic carbocycles. The minimum Gasteiger partial charge on any atom is -0.303 e. The van der Waals surface area contributed by atoms with E-state index in [1.54, 1.807) is 0 Å². The molecule has 0 N–H and O–H groups in total. The number of aldehydes is 1. The van der Waals surface area contributed by atoms with Crippen LogP contribution >= 0.6 is 0 Å². The molecule has 2 aliphatic carbocycles. The predicted molar refractivity (Wildman–Crippen MR) is 53.5 cm³/mol. The van der Waals surface area contributed by atoms with E-state index in [-0.39, 0.29) is 5.41 Å². The Labute approximate surface area is 80.9 Å². The molecule has 1 nitrogen and oxygen atoms in total. The van der Waals surface area contributed by atoms with Crippen LogP contribution in [-0.2, 0) is 4.79 Å². The van der Waals surface area contributed by atoms with E-state index >= 15 is 0 Å². The smallest absolute Gasteiger partial charge is 0.126 e. The molecule has 2 fully saturated rings. The summed E-state index contributed by atoms with van der Waals surface area (Å²) < 4.78 is 0. The first-order valence-corrected chi connectivity index (χ1v) is 5.79. The van der Waals surface area contributed by atoms with E-state index in [4.69, 9.17) is 0 Å². The zero-order valence-corrected chi connectivity index (χ0v) is 8.59. The van der Waals surface area contributed by atoms with E-state index in [0.29, 0.717) is 0 Å². The molecule has 0 spiro atoms. The molecule has 0 bridgehead atoms. The van der Waals surface area contributed by atoms with Gasteiger partial charge in [0.2, 0.25) is 0 Å². The van der Waals surface area contributed by atoms with Gasteiger partial charge in [-0.25, -0.2) is 0 Å². The Morgan fingerprint density at radius 3 is 2.54 bits per heavy atom. The average molecular weight is 180 g/mol. The van der Waals surface area contributed by atoms with Crippen LogP contribution in [0, 0.1) is 17.3 Å². The standard InChI is InChI=1S/C12H20O/c1-2-10-5-3-4-6-11(10)12(9-13)7-8-12/h9-11H,2-8H2,1H3. The van der Waals surface area contributed by atoms with E-state index < -0.39 is 0 Å².